The number of fused-ring (bicyclic) bond motifs is 4. The Kier molecular flexibility index (Phi) is 3.51. The highest BCUT2D eigenvalue weighted by Crippen LogP contribution is 2.44. The molecule has 0 amide bonds. The van der Waals surface area contributed by atoms with Gasteiger partial charge in [0, 0.05) is 34.6 Å². The van der Waals surface area contributed by atoms with Crippen LogP contribution in [-0.4, -0.2) is 33.1 Å². The van der Waals surface area contributed by atoms with Crippen molar-refractivity contribution >= 4 is 22.2 Å². The molecule has 3 heterocycles. The first-order valence-corrected chi connectivity index (χ1v) is 9.07. The molecule has 0 radical (unpaired) electrons. The number of aromatic nitrogens is 3. The minimum absolute atomic E-state index is 0.111. The van der Waals surface area contributed by atoms with E-state index in [9.17, 15) is 4.55 Å². The zero-order chi connectivity index (χ0) is 17.0. The zero-order valence-corrected chi connectivity index (χ0v) is 14.9. The van der Waals surface area contributed by atoms with E-state index in [1.165, 1.54) is 0 Å². The van der Waals surface area contributed by atoms with E-state index in [0.29, 0.717) is 5.75 Å². The second-order valence-corrected chi connectivity index (χ2v) is 7.41. The number of ether oxygens (including phenoxy) is 2. The maximum atomic E-state index is 12.8. The van der Waals surface area contributed by atoms with E-state index in [0.717, 1.165) is 39.4 Å². The Balaban J connectivity index is 1.57. The van der Waals surface area contributed by atoms with E-state index in [4.69, 9.17) is 9.47 Å². The fraction of sp³-hybridized carbons (Fsp3) is 0.353. The Morgan fingerprint density at radius 3 is 2.62 bits per heavy atom. The van der Waals surface area contributed by atoms with Gasteiger partial charge in [-0.15, -0.1) is 0 Å². The monoisotopic (exact) mass is 345 g/mol. The molecular weight excluding hydrogens is 326 g/mol. The predicted molar refractivity (Wildman–Crippen MR) is 93.0 cm³/mol. The van der Waals surface area contributed by atoms with E-state index in [1.807, 2.05) is 41.4 Å². The first-order chi connectivity index (χ1) is 11.6. The van der Waals surface area contributed by atoms with Crippen LogP contribution in [0, 0.1) is 13.8 Å². The fourth-order valence-electron chi connectivity index (χ4n) is 3.24. The first kappa shape index (κ1) is 15.4. The lowest BCUT2D eigenvalue weighted by molar-refractivity contribution is 0.407. The van der Waals surface area contributed by atoms with E-state index in [1.54, 1.807) is 20.4 Å². The Morgan fingerprint density at radius 2 is 1.92 bits per heavy atom. The Hall–Kier alpha value is -2.12. The van der Waals surface area contributed by atoms with Crippen LogP contribution in [0.25, 0.3) is 11.0 Å². The summed E-state index contributed by atoms with van der Waals surface area (Å²) >= 11 is -1.08. The molecule has 4 rings (SSSR count). The van der Waals surface area contributed by atoms with Gasteiger partial charge in [0.05, 0.1) is 30.9 Å². The van der Waals surface area contributed by atoms with Crippen LogP contribution in [0.15, 0.2) is 24.4 Å². The van der Waals surface area contributed by atoms with Crippen LogP contribution in [0.3, 0.4) is 0 Å². The summed E-state index contributed by atoms with van der Waals surface area (Å²) in [5, 5.41) is 0. The number of rotatable bonds is 5. The smallest absolute Gasteiger partial charge is 0.303 e. The van der Waals surface area contributed by atoms with Crippen LogP contribution in [-0.2, 0) is 16.9 Å². The highest BCUT2D eigenvalue weighted by atomic mass is 32.2. The summed E-state index contributed by atoms with van der Waals surface area (Å²) in [4.78, 5) is 4.45. The van der Waals surface area contributed by atoms with Crippen molar-refractivity contribution in [1.82, 2.24) is 14.3 Å². The lowest BCUT2D eigenvalue weighted by Crippen LogP contribution is -2.11. The van der Waals surface area contributed by atoms with Crippen molar-refractivity contribution in [3.8, 4) is 11.5 Å². The van der Waals surface area contributed by atoms with Crippen molar-refractivity contribution in [3.05, 3.63) is 41.2 Å². The van der Waals surface area contributed by atoms with Crippen molar-refractivity contribution in [2.24, 2.45) is 0 Å². The van der Waals surface area contributed by atoms with Crippen LogP contribution in [0.4, 0.5) is 0 Å². The van der Waals surface area contributed by atoms with Gasteiger partial charge in [0.2, 0.25) is 0 Å². The van der Waals surface area contributed by atoms with Crippen molar-refractivity contribution < 1.29 is 14.0 Å². The third-order valence-electron chi connectivity index (χ3n) is 4.54. The molecule has 0 N–H and O–H groups in total. The van der Waals surface area contributed by atoms with E-state index >= 15 is 0 Å². The molecule has 0 fully saturated rings. The molecule has 2 atom stereocenters. The van der Waals surface area contributed by atoms with Crippen molar-refractivity contribution in [3.63, 3.8) is 0 Å². The zero-order valence-electron chi connectivity index (χ0n) is 14.1. The summed E-state index contributed by atoms with van der Waals surface area (Å²) in [6.07, 6.45) is 1.78. The van der Waals surface area contributed by atoms with Gasteiger partial charge in [-0.25, -0.2) is 9.36 Å². The lowest BCUT2D eigenvalue weighted by Gasteiger charge is -2.13. The predicted octanol–water partition coefficient (Wildman–Crippen LogP) is 2.74. The lowest BCUT2D eigenvalue weighted by atomic mass is 10.1. The molecule has 1 aliphatic heterocycles. The Bertz CT molecular complexity index is 931. The van der Waals surface area contributed by atoms with Gasteiger partial charge in [0.15, 0.2) is 5.75 Å². The van der Waals surface area contributed by atoms with Crippen LogP contribution >= 0.6 is 0 Å². The maximum absolute atomic E-state index is 12.8. The molecule has 24 heavy (non-hydrogen) atoms. The number of aryl methyl sites for hydroxylation is 1. The van der Waals surface area contributed by atoms with Gasteiger partial charge in [-0.3, -0.25) is 4.98 Å². The van der Waals surface area contributed by atoms with Crippen molar-refractivity contribution in [2.75, 3.05) is 14.2 Å². The molecule has 0 spiro atoms. The second kappa shape index (κ2) is 5.46. The highest BCUT2D eigenvalue weighted by molar-refractivity contribution is 7.90. The van der Waals surface area contributed by atoms with E-state index in [-0.39, 0.29) is 5.50 Å². The summed E-state index contributed by atoms with van der Waals surface area (Å²) in [7, 11) is 3.30. The molecule has 7 heteroatoms. The van der Waals surface area contributed by atoms with Crippen molar-refractivity contribution in [2.45, 2.75) is 25.1 Å². The molecule has 0 bridgehead atoms. The molecule has 2 unspecified atom stereocenters. The largest absolute Gasteiger partial charge is 0.613 e. The van der Waals surface area contributed by atoms with Crippen molar-refractivity contribution in [1.29, 1.82) is 0 Å². The number of nitrogens with zero attached hydrogens (tertiary/aromatic N) is 3. The highest BCUT2D eigenvalue weighted by Gasteiger charge is 2.47. The summed E-state index contributed by atoms with van der Waals surface area (Å²) < 4.78 is 27.6. The number of hydrogen-bond donors (Lipinski definition) is 0. The molecule has 0 saturated carbocycles. The number of pyridine rings is 1. The molecule has 3 aromatic rings. The number of benzene rings is 1. The number of methoxy groups -OCH3 is 2. The summed E-state index contributed by atoms with van der Waals surface area (Å²) in [6.45, 7) is 3.93. The fourth-order valence-corrected chi connectivity index (χ4v) is 4.77. The molecule has 2 aromatic heterocycles. The third-order valence-corrected chi connectivity index (χ3v) is 5.96. The SMILES string of the molecule is COc1ccc2c(c1)n1n2C1[S+]([O-])Cc1ncc(C)c(OC)c1C. The van der Waals surface area contributed by atoms with E-state index < -0.39 is 11.2 Å². The third kappa shape index (κ3) is 2.12. The van der Waals surface area contributed by atoms with Gasteiger partial charge in [-0.05, 0) is 26.0 Å². The topological polar surface area (TPSA) is 64.3 Å². The summed E-state index contributed by atoms with van der Waals surface area (Å²) in [5.74, 6) is 2.04. The van der Waals surface area contributed by atoms with Gasteiger partial charge >= 0.3 is 5.50 Å². The molecule has 6 nitrogen and oxygen atoms in total. The Morgan fingerprint density at radius 1 is 1.17 bits per heavy atom. The Labute approximate surface area is 143 Å². The average Bonchev–Trinajstić information content (AvgIpc) is 3.24. The van der Waals surface area contributed by atoms with Gasteiger partial charge in [0.1, 0.15) is 11.5 Å². The summed E-state index contributed by atoms with van der Waals surface area (Å²) in [5.41, 5.74) is 4.83. The van der Waals surface area contributed by atoms with Crippen LogP contribution in [0.2, 0.25) is 0 Å². The summed E-state index contributed by atoms with van der Waals surface area (Å²) in [6, 6.07) is 5.90. The minimum Gasteiger partial charge on any atom is -0.613 e. The standard InChI is InChI=1S/C17H19N3O3S/c1-10-8-18-13(11(2)16(10)23-4)9-24(21)17-19-14-6-5-12(22-3)7-15(14)20(17)19/h5-8,17H,9H2,1-4H3. The molecular formula is C17H19N3O3S. The molecule has 1 aromatic carbocycles. The maximum Gasteiger partial charge on any atom is 0.303 e. The molecule has 126 valence electrons. The van der Waals surface area contributed by atoms with Gasteiger partial charge < -0.3 is 14.0 Å². The average molecular weight is 345 g/mol. The molecule has 0 saturated heterocycles. The first-order valence-electron chi connectivity index (χ1n) is 7.69. The normalized spacial score (nSPS) is 17.0. The van der Waals surface area contributed by atoms with Crippen LogP contribution in [0.5, 0.6) is 11.5 Å². The van der Waals surface area contributed by atoms with Gasteiger partial charge in [-0.1, -0.05) is 0 Å². The molecule has 1 aliphatic rings. The number of hydrogen-bond acceptors (Lipinski definition) is 4. The quantitative estimate of drug-likeness (QED) is 0.667. The molecule has 0 aliphatic carbocycles. The minimum atomic E-state index is -1.08. The van der Waals surface area contributed by atoms with Gasteiger partial charge in [-0.2, -0.15) is 0 Å². The van der Waals surface area contributed by atoms with Crippen LogP contribution < -0.4 is 9.47 Å². The van der Waals surface area contributed by atoms with E-state index in [2.05, 4.69) is 4.98 Å². The van der Waals surface area contributed by atoms with Gasteiger partial charge in [0.25, 0.3) is 0 Å². The second-order valence-electron chi connectivity index (χ2n) is 5.94. The van der Waals surface area contributed by atoms with Crippen LogP contribution in [0.1, 0.15) is 22.3 Å².